The van der Waals surface area contributed by atoms with Gasteiger partial charge in [-0.25, -0.2) is 0 Å². The predicted molar refractivity (Wildman–Crippen MR) is 118 cm³/mol. The molecule has 0 radical (unpaired) electrons. The van der Waals surface area contributed by atoms with Crippen LogP contribution in [0.3, 0.4) is 0 Å². The number of halogens is 1. The molecule has 29 heavy (non-hydrogen) atoms. The van der Waals surface area contributed by atoms with Crippen molar-refractivity contribution in [1.82, 2.24) is 4.98 Å². The second-order valence-electron chi connectivity index (χ2n) is 6.85. The molecule has 6 heteroatoms. The van der Waals surface area contributed by atoms with Crippen LogP contribution in [0.2, 0.25) is 5.02 Å². The summed E-state index contributed by atoms with van der Waals surface area (Å²) in [5.74, 6) is 0.881. The van der Waals surface area contributed by atoms with Gasteiger partial charge in [0.15, 0.2) is 0 Å². The second kappa shape index (κ2) is 10.3. The molecule has 0 saturated heterocycles. The Bertz CT molecular complexity index is 964. The molecule has 0 fully saturated rings. The first-order valence-corrected chi connectivity index (χ1v) is 10.1. The van der Waals surface area contributed by atoms with E-state index in [1.54, 1.807) is 20.4 Å². The van der Waals surface area contributed by atoms with Crippen molar-refractivity contribution in [2.45, 2.75) is 26.2 Å². The SMILES string of the molecule is COCCC=NOCCc1c(C)[nH]c2ccc(OC)c(Cc3ccc(Cl)cc3)c12. The number of methoxy groups -OCH3 is 2. The molecule has 0 aliphatic rings. The average Bonchev–Trinajstić information content (AvgIpc) is 3.04. The third-order valence-corrected chi connectivity index (χ3v) is 5.16. The number of H-pyrrole nitrogens is 1. The molecule has 2 aromatic carbocycles. The van der Waals surface area contributed by atoms with Crippen LogP contribution < -0.4 is 4.74 Å². The maximum Gasteiger partial charge on any atom is 0.123 e. The van der Waals surface area contributed by atoms with Crippen molar-refractivity contribution in [1.29, 1.82) is 0 Å². The normalized spacial score (nSPS) is 11.4. The number of oxime groups is 1. The molecule has 1 N–H and O–H groups in total. The first-order chi connectivity index (χ1) is 14.1. The quantitative estimate of drug-likeness (QED) is 0.278. The van der Waals surface area contributed by atoms with Crippen molar-refractivity contribution in [2.24, 2.45) is 5.16 Å². The zero-order valence-electron chi connectivity index (χ0n) is 17.1. The van der Waals surface area contributed by atoms with Crippen LogP contribution in [0.25, 0.3) is 10.9 Å². The summed E-state index contributed by atoms with van der Waals surface area (Å²) in [7, 11) is 3.38. The summed E-state index contributed by atoms with van der Waals surface area (Å²) in [4.78, 5) is 8.93. The van der Waals surface area contributed by atoms with Gasteiger partial charge in [-0.2, -0.15) is 0 Å². The van der Waals surface area contributed by atoms with Crippen molar-refractivity contribution >= 4 is 28.7 Å². The Morgan fingerprint density at radius 2 is 1.83 bits per heavy atom. The highest BCUT2D eigenvalue weighted by Gasteiger charge is 2.17. The van der Waals surface area contributed by atoms with E-state index in [-0.39, 0.29) is 0 Å². The zero-order valence-corrected chi connectivity index (χ0v) is 17.9. The van der Waals surface area contributed by atoms with Crippen molar-refractivity contribution in [3.63, 3.8) is 0 Å². The third kappa shape index (κ3) is 5.31. The molecule has 1 heterocycles. The summed E-state index contributed by atoms with van der Waals surface area (Å²) in [6.07, 6.45) is 4.00. The van der Waals surface area contributed by atoms with Gasteiger partial charge in [0, 0.05) is 59.8 Å². The van der Waals surface area contributed by atoms with E-state index in [0.29, 0.717) is 13.2 Å². The van der Waals surface area contributed by atoms with Gasteiger partial charge in [0.05, 0.1) is 13.7 Å². The van der Waals surface area contributed by atoms with Crippen molar-refractivity contribution < 1.29 is 14.3 Å². The number of hydrogen-bond acceptors (Lipinski definition) is 4. The fourth-order valence-electron chi connectivity index (χ4n) is 3.50. The maximum atomic E-state index is 6.05. The standard InChI is InChI=1S/C23H27ClN2O3/c1-16-19(11-14-29-25-12-4-13-27-2)23-20(15-17-5-7-18(24)8-6-17)22(28-3)10-9-21(23)26-16/h5-10,12,26H,4,11,13-15H2,1-3H3. The highest BCUT2D eigenvalue weighted by Crippen LogP contribution is 2.34. The van der Waals surface area contributed by atoms with E-state index >= 15 is 0 Å². The smallest absolute Gasteiger partial charge is 0.123 e. The monoisotopic (exact) mass is 414 g/mol. The van der Waals surface area contributed by atoms with Crippen LogP contribution in [0.15, 0.2) is 41.6 Å². The lowest BCUT2D eigenvalue weighted by Crippen LogP contribution is -2.00. The van der Waals surface area contributed by atoms with E-state index in [9.17, 15) is 0 Å². The van der Waals surface area contributed by atoms with E-state index in [1.165, 1.54) is 16.5 Å². The molecule has 0 unspecified atom stereocenters. The molecular formula is C23H27ClN2O3. The van der Waals surface area contributed by atoms with Gasteiger partial charge >= 0.3 is 0 Å². The van der Waals surface area contributed by atoms with E-state index in [4.69, 9.17) is 25.9 Å². The highest BCUT2D eigenvalue weighted by molar-refractivity contribution is 6.30. The van der Waals surface area contributed by atoms with E-state index in [2.05, 4.69) is 35.3 Å². The Labute approximate surface area is 176 Å². The number of hydrogen-bond donors (Lipinski definition) is 1. The summed E-state index contributed by atoms with van der Waals surface area (Å²) >= 11 is 6.05. The number of aromatic amines is 1. The fraction of sp³-hybridized carbons (Fsp3) is 0.348. The summed E-state index contributed by atoms with van der Waals surface area (Å²) in [5, 5.41) is 5.93. The Morgan fingerprint density at radius 1 is 1.03 bits per heavy atom. The Hall–Kier alpha value is -2.50. The minimum Gasteiger partial charge on any atom is -0.496 e. The molecule has 0 amide bonds. The molecule has 0 atom stereocenters. The molecule has 1 aromatic heterocycles. The first-order valence-electron chi connectivity index (χ1n) is 9.68. The number of rotatable bonds is 10. The molecule has 0 aliphatic heterocycles. The van der Waals surface area contributed by atoms with Gasteiger partial charge in [0.25, 0.3) is 0 Å². The average molecular weight is 415 g/mol. The van der Waals surface area contributed by atoms with E-state index in [1.807, 2.05) is 18.2 Å². The number of benzene rings is 2. The Balaban J connectivity index is 1.86. The minimum absolute atomic E-state index is 0.509. The van der Waals surface area contributed by atoms with E-state index in [0.717, 1.165) is 46.8 Å². The van der Waals surface area contributed by atoms with Crippen LogP contribution in [-0.4, -0.2) is 38.6 Å². The molecule has 5 nitrogen and oxygen atoms in total. The summed E-state index contributed by atoms with van der Waals surface area (Å²) in [5.41, 5.74) is 5.82. The number of ether oxygens (including phenoxy) is 2. The predicted octanol–water partition coefficient (Wildman–Crippen LogP) is 5.31. The second-order valence-corrected chi connectivity index (χ2v) is 7.29. The van der Waals surface area contributed by atoms with Gasteiger partial charge < -0.3 is 19.3 Å². The first kappa shape index (κ1) is 21.2. The molecule has 0 spiro atoms. The van der Waals surface area contributed by atoms with Gasteiger partial charge in [0.1, 0.15) is 12.4 Å². The zero-order chi connectivity index (χ0) is 20.6. The largest absolute Gasteiger partial charge is 0.496 e. The molecule has 3 rings (SSSR count). The third-order valence-electron chi connectivity index (χ3n) is 4.90. The highest BCUT2D eigenvalue weighted by atomic mass is 35.5. The number of nitrogens with zero attached hydrogens (tertiary/aromatic N) is 1. The van der Waals surface area contributed by atoms with Gasteiger partial charge in [-0.05, 0) is 42.3 Å². The van der Waals surface area contributed by atoms with Crippen molar-refractivity contribution in [3.8, 4) is 5.75 Å². The number of aryl methyl sites for hydroxylation is 1. The van der Waals surface area contributed by atoms with Crippen molar-refractivity contribution in [3.05, 3.63) is 63.8 Å². The van der Waals surface area contributed by atoms with Crippen LogP contribution in [0, 0.1) is 6.92 Å². The number of nitrogens with one attached hydrogen (secondary N) is 1. The maximum absolute atomic E-state index is 6.05. The van der Waals surface area contributed by atoms with Gasteiger partial charge in [-0.1, -0.05) is 28.9 Å². The lowest BCUT2D eigenvalue weighted by atomic mass is 9.96. The van der Waals surface area contributed by atoms with Gasteiger partial charge in [-0.15, -0.1) is 0 Å². The van der Waals surface area contributed by atoms with Crippen LogP contribution in [0.4, 0.5) is 0 Å². The minimum atomic E-state index is 0.509. The Morgan fingerprint density at radius 3 is 2.55 bits per heavy atom. The van der Waals surface area contributed by atoms with Crippen LogP contribution in [0.5, 0.6) is 5.75 Å². The molecule has 0 saturated carbocycles. The number of fused-ring (bicyclic) bond motifs is 1. The van der Waals surface area contributed by atoms with Crippen LogP contribution >= 0.6 is 11.6 Å². The topological polar surface area (TPSA) is 55.8 Å². The molecule has 154 valence electrons. The summed E-state index contributed by atoms with van der Waals surface area (Å²) < 4.78 is 10.7. The summed E-state index contributed by atoms with van der Waals surface area (Å²) in [6.45, 7) is 3.24. The van der Waals surface area contributed by atoms with Gasteiger partial charge in [-0.3, -0.25) is 0 Å². The lowest BCUT2D eigenvalue weighted by molar-refractivity contribution is 0.147. The van der Waals surface area contributed by atoms with Crippen LogP contribution in [-0.2, 0) is 22.4 Å². The van der Waals surface area contributed by atoms with Crippen LogP contribution in [0.1, 0.15) is 28.8 Å². The Kier molecular flexibility index (Phi) is 7.55. The molecular weight excluding hydrogens is 388 g/mol. The molecule has 3 aromatic rings. The van der Waals surface area contributed by atoms with Crippen molar-refractivity contribution in [2.75, 3.05) is 27.4 Å². The molecule has 0 aliphatic carbocycles. The van der Waals surface area contributed by atoms with Gasteiger partial charge in [0.2, 0.25) is 0 Å². The van der Waals surface area contributed by atoms with E-state index < -0.39 is 0 Å². The summed E-state index contributed by atoms with van der Waals surface area (Å²) in [6, 6.07) is 12.0. The lowest BCUT2D eigenvalue weighted by Gasteiger charge is -2.12. The molecule has 0 bridgehead atoms. The number of aromatic nitrogens is 1. The fourth-order valence-corrected chi connectivity index (χ4v) is 3.63.